The van der Waals surface area contributed by atoms with Crippen molar-refractivity contribution in [3.05, 3.63) is 59.2 Å². The fourth-order valence-corrected chi connectivity index (χ4v) is 4.03. The maximum atomic E-state index is 12.5. The van der Waals surface area contributed by atoms with Crippen molar-refractivity contribution in [2.24, 2.45) is 5.73 Å². The minimum atomic E-state index is -1.31. The van der Waals surface area contributed by atoms with Crippen LogP contribution in [0, 0.1) is 12.3 Å². The van der Waals surface area contributed by atoms with Crippen LogP contribution >= 0.6 is 0 Å². The largest absolute Gasteiger partial charge is 0.490 e. The number of ether oxygens (including phenoxy) is 1. The number of anilines is 1. The molecule has 2 aromatic carbocycles. The topological polar surface area (TPSA) is 112 Å². The normalized spacial score (nSPS) is 17.0. The van der Waals surface area contributed by atoms with Gasteiger partial charge in [-0.15, -0.1) is 0 Å². The maximum Gasteiger partial charge on any atom is 0.334 e. The highest BCUT2D eigenvalue weighted by Crippen LogP contribution is 2.34. The molecule has 0 saturated carbocycles. The van der Waals surface area contributed by atoms with Crippen LogP contribution in [0.3, 0.4) is 0 Å². The third-order valence-electron chi connectivity index (χ3n) is 5.96. The van der Waals surface area contributed by atoms with E-state index in [1.165, 1.54) is 0 Å². The van der Waals surface area contributed by atoms with Crippen LogP contribution in [0.15, 0.2) is 42.5 Å². The first-order chi connectivity index (χ1) is 14.7. The molecule has 0 radical (unpaired) electrons. The molecule has 7 heteroatoms. The Labute approximate surface area is 183 Å². The lowest BCUT2D eigenvalue weighted by Gasteiger charge is -2.33. The summed E-state index contributed by atoms with van der Waals surface area (Å²) in [4.78, 5) is 14.8. The van der Waals surface area contributed by atoms with Gasteiger partial charge in [0.25, 0.3) is 0 Å². The second kappa shape index (κ2) is 9.39. The summed E-state index contributed by atoms with van der Waals surface area (Å²) in [5, 5.41) is 21.0. The molecule has 0 amide bonds. The van der Waals surface area contributed by atoms with Crippen LogP contribution in [0.4, 0.5) is 5.69 Å². The molecule has 1 unspecified atom stereocenters. The monoisotopic (exact) mass is 424 g/mol. The molecule has 1 atom stereocenters. The minimum absolute atomic E-state index is 0.0269. The number of carboxylic acid groups (broad SMARTS) is 1. The van der Waals surface area contributed by atoms with E-state index in [1.807, 2.05) is 32.0 Å². The number of carbonyl (C=O) groups is 1. The zero-order valence-corrected chi connectivity index (χ0v) is 18.4. The van der Waals surface area contributed by atoms with Crippen molar-refractivity contribution in [3.63, 3.8) is 0 Å². The average molecular weight is 425 g/mol. The third kappa shape index (κ3) is 5.17. The average Bonchev–Trinajstić information content (AvgIpc) is 2.73. The van der Waals surface area contributed by atoms with Crippen molar-refractivity contribution in [2.75, 3.05) is 25.5 Å². The first-order valence-electron chi connectivity index (χ1n) is 10.7. The van der Waals surface area contributed by atoms with Crippen LogP contribution in [-0.2, 0) is 10.3 Å². The summed E-state index contributed by atoms with van der Waals surface area (Å²) in [6.07, 6.45) is 2.39. The van der Waals surface area contributed by atoms with Gasteiger partial charge in [0, 0.05) is 24.3 Å². The van der Waals surface area contributed by atoms with Gasteiger partial charge in [-0.2, -0.15) is 0 Å². The van der Waals surface area contributed by atoms with E-state index in [0.717, 1.165) is 31.5 Å². The first kappa shape index (κ1) is 22.6. The second-order valence-corrected chi connectivity index (χ2v) is 8.34. The fraction of sp³-hybridized carbons (Fsp3) is 0.417. The number of nitrogens with two attached hydrogens (primary N) is 1. The Kier molecular flexibility index (Phi) is 6.85. The number of likely N-dealkylation sites (tertiary alicyclic amines) is 1. The zero-order chi connectivity index (χ0) is 22.6. The Bertz CT molecular complexity index is 936. The van der Waals surface area contributed by atoms with Crippen molar-refractivity contribution >= 4 is 17.5 Å². The molecule has 7 nitrogen and oxygen atoms in total. The lowest BCUT2D eigenvalue weighted by molar-refractivity contribution is -0.142. The van der Waals surface area contributed by atoms with Crippen LogP contribution in [-0.4, -0.2) is 48.1 Å². The predicted octanol–water partition coefficient (Wildman–Crippen LogP) is 3.55. The summed E-state index contributed by atoms with van der Waals surface area (Å²) in [5.41, 5.74) is 7.06. The standard InChI is InChI=1S/C24H32N4O3/c1-4-24(23(29)30,27-19-7-5-17(6-8-19)22(25)26)18-13-16(2)14-21(15-18)31-20-9-11-28(3)12-10-20/h5-8,13-15,20,27H,4,9-12H2,1-3H3,(H3,25,26)(H,29,30). The quantitative estimate of drug-likeness (QED) is 0.381. The number of hydrogen-bond acceptors (Lipinski definition) is 5. The van der Waals surface area contributed by atoms with Gasteiger partial charge in [-0.1, -0.05) is 13.0 Å². The molecule has 0 spiro atoms. The van der Waals surface area contributed by atoms with Crippen LogP contribution in [0.2, 0.25) is 0 Å². The number of aliphatic carboxylic acids is 1. The number of nitrogens with one attached hydrogen (secondary N) is 2. The van der Waals surface area contributed by atoms with Gasteiger partial charge in [0.15, 0.2) is 5.54 Å². The predicted molar refractivity (Wildman–Crippen MR) is 123 cm³/mol. The van der Waals surface area contributed by atoms with Gasteiger partial charge in [-0.3, -0.25) is 5.41 Å². The molecule has 3 rings (SSSR count). The molecule has 0 aromatic heterocycles. The summed E-state index contributed by atoms with van der Waals surface area (Å²) in [6.45, 7) is 5.80. The van der Waals surface area contributed by atoms with E-state index < -0.39 is 11.5 Å². The number of carboxylic acids is 1. The van der Waals surface area contributed by atoms with Crippen LogP contribution in [0.25, 0.3) is 0 Å². The Hall–Kier alpha value is -3.06. The molecule has 1 aliphatic heterocycles. The number of nitrogen functional groups attached to an aromatic ring is 1. The molecule has 31 heavy (non-hydrogen) atoms. The van der Waals surface area contributed by atoms with Crippen molar-refractivity contribution in [3.8, 4) is 5.75 Å². The smallest absolute Gasteiger partial charge is 0.334 e. The zero-order valence-electron chi connectivity index (χ0n) is 18.4. The fourth-order valence-electron chi connectivity index (χ4n) is 4.03. The van der Waals surface area contributed by atoms with Gasteiger partial charge in [0.1, 0.15) is 17.7 Å². The van der Waals surface area contributed by atoms with Gasteiger partial charge in [-0.25, -0.2) is 4.79 Å². The number of nitrogens with zero attached hydrogens (tertiary/aromatic N) is 1. The highest BCUT2D eigenvalue weighted by atomic mass is 16.5. The highest BCUT2D eigenvalue weighted by molar-refractivity contribution is 5.95. The summed E-state index contributed by atoms with van der Waals surface area (Å²) >= 11 is 0. The second-order valence-electron chi connectivity index (χ2n) is 8.34. The molecule has 5 N–H and O–H groups in total. The molecule has 0 bridgehead atoms. The molecule has 1 saturated heterocycles. The molecule has 1 fully saturated rings. The lowest BCUT2D eigenvalue weighted by atomic mass is 9.85. The maximum absolute atomic E-state index is 12.5. The van der Waals surface area contributed by atoms with Crippen molar-refractivity contribution in [1.29, 1.82) is 5.41 Å². The molecular formula is C24H32N4O3. The number of rotatable bonds is 8. The first-order valence-corrected chi connectivity index (χ1v) is 10.7. The Morgan fingerprint density at radius 2 is 1.90 bits per heavy atom. The summed E-state index contributed by atoms with van der Waals surface area (Å²) < 4.78 is 6.25. The minimum Gasteiger partial charge on any atom is -0.490 e. The summed E-state index contributed by atoms with van der Waals surface area (Å²) in [6, 6.07) is 12.6. The summed E-state index contributed by atoms with van der Waals surface area (Å²) in [7, 11) is 2.11. The Morgan fingerprint density at radius 1 is 1.26 bits per heavy atom. The lowest BCUT2D eigenvalue weighted by Crippen LogP contribution is -2.43. The molecule has 0 aliphatic carbocycles. The van der Waals surface area contributed by atoms with E-state index in [-0.39, 0.29) is 11.9 Å². The Balaban J connectivity index is 1.91. The molecule has 1 heterocycles. The van der Waals surface area contributed by atoms with Crippen molar-refractivity contribution in [1.82, 2.24) is 4.90 Å². The molecule has 1 aliphatic rings. The Morgan fingerprint density at radius 3 is 2.45 bits per heavy atom. The van der Waals surface area contributed by atoms with Crippen molar-refractivity contribution in [2.45, 2.75) is 44.8 Å². The van der Waals surface area contributed by atoms with E-state index in [4.69, 9.17) is 15.9 Å². The number of amidine groups is 1. The van der Waals surface area contributed by atoms with Gasteiger partial charge in [0.2, 0.25) is 0 Å². The van der Waals surface area contributed by atoms with E-state index in [0.29, 0.717) is 29.0 Å². The molecule has 166 valence electrons. The molecule has 2 aromatic rings. The van der Waals surface area contributed by atoms with Crippen LogP contribution in [0.5, 0.6) is 5.75 Å². The summed E-state index contributed by atoms with van der Waals surface area (Å²) in [5.74, 6) is -0.278. The SMILES string of the molecule is CCC(Nc1ccc(C(=N)N)cc1)(C(=O)O)c1cc(C)cc(OC2CCN(C)CC2)c1. The van der Waals surface area contributed by atoms with Gasteiger partial charge in [0.05, 0.1) is 0 Å². The van der Waals surface area contributed by atoms with Gasteiger partial charge < -0.3 is 25.8 Å². The van der Waals surface area contributed by atoms with Crippen molar-refractivity contribution < 1.29 is 14.6 Å². The molecular weight excluding hydrogens is 392 g/mol. The van der Waals surface area contributed by atoms with Crippen LogP contribution in [0.1, 0.15) is 42.9 Å². The number of hydrogen-bond donors (Lipinski definition) is 4. The van der Waals surface area contributed by atoms with E-state index in [1.54, 1.807) is 24.3 Å². The van der Waals surface area contributed by atoms with Crippen LogP contribution < -0.4 is 15.8 Å². The van der Waals surface area contributed by atoms with E-state index in [2.05, 4.69) is 17.3 Å². The number of piperidine rings is 1. The third-order valence-corrected chi connectivity index (χ3v) is 5.96. The van der Waals surface area contributed by atoms with E-state index in [9.17, 15) is 9.90 Å². The number of aryl methyl sites for hydroxylation is 1. The van der Waals surface area contributed by atoms with Gasteiger partial charge in [-0.05, 0) is 80.8 Å². The highest BCUT2D eigenvalue weighted by Gasteiger charge is 2.39. The number of benzene rings is 2. The van der Waals surface area contributed by atoms with E-state index >= 15 is 0 Å². The van der Waals surface area contributed by atoms with Gasteiger partial charge >= 0.3 is 5.97 Å².